The van der Waals surface area contributed by atoms with Gasteiger partial charge in [-0.05, 0) is 49.7 Å². The van der Waals surface area contributed by atoms with E-state index in [9.17, 15) is 28.8 Å². The summed E-state index contributed by atoms with van der Waals surface area (Å²) >= 11 is 0. The minimum absolute atomic E-state index is 0.118. The molecule has 2 aromatic heterocycles. The molecule has 0 aliphatic carbocycles. The quantitative estimate of drug-likeness (QED) is 0.178. The van der Waals surface area contributed by atoms with Gasteiger partial charge in [0.2, 0.25) is 23.5 Å². The number of likely N-dealkylation sites (tertiary alicyclic amines) is 1. The third-order valence-electron chi connectivity index (χ3n) is 8.80. The fraction of sp³-hybridized carbons (Fsp3) is 0.444. The van der Waals surface area contributed by atoms with Crippen molar-refractivity contribution in [1.29, 1.82) is 0 Å². The lowest BCUT2D eigenvalue weighted by atomic mass is 9.85. The number of aromatic nitrogens is 2. The van der Waals surface area contributed by atoms with E-state index in [0.29, 0.717) is 49.3 Å². The number of Topliss-reactive ketones (excluding diaryl/α,β-unsaturated/α-hetero) is 2. The second-order valence-electron chi connectivity index (χ2n) is 13.5. The van der Waals surface area contributed by atoms with Gasteiger partial charge in [0.15, 0.2) is 12.4 Å². The number of piperidine rings is 1. The molecule has 264 valence electrons. The Bertz CT molecular complexity index is 1700. The molecule has 14 heteroatoms. The molecule has 50 heavy (non-hydrogen) atoms. The van der Waals surface area contributed by atoms with Crippen molar-refractivity contribution >= 4 is 35.2 Å². The van der Waals surface area contributed by atoms with Crippen molar-refractivity contribution in [2.75, 3.05) is 19.7 Å². The van der Waals surface area contributed by atoms with Crippen molar-refractivity contribution < 1.29 is 37.9 Å². The van der Waals surface area contributed by atoms with Crippen LogP contribution in [0.3, 0.4) is 0 Å². The number of hydrogen-bond acceptors (Lipinski definition) is 10. The first-order chi connectivity index (χ1) is 23.9. The topological polar surface area (TPSA) is 190 Å². The summed E-state index contributed by atoms with van der Waals surface area (Å²) in [6.07, 6.45) is 6.21. The van der Waals surface area contributed by atoms with Crippen LogP contribution in [0.5, 0.6) is 5.75 Å². The Hall–Kier alpha value is -5.40. The van der Waals surface area contributed by atoms with Gasteiger partial charge in [-0.2, -0.15) is 0 Å². The number of rotatable bonds is 13. The molecule has 2 saturated heterocycles. The van der Waals surface area contributed by atoms with Gasteiger partial charge >= 0.3 is 0 Å². The van der Waals surface area contributed by atoms with E-state index in [1.54, 1.807) is 63.4 Å². The second kappa shape index (κ2) is 15.9. The maximum atomic E-state index is 14.0. The predicted octanol–water partition coefficient (Wildman–Crippen LogP) is 2.49. The molecule has 5 rings (SSSR count). The zero-order valence-corrected chi connectivity index (χ0v) is 28.3. The number of carbonyl (C=O) groups excluding carboxylic acids is 6. The molecule has 4 amide bonds. The number of ether oxygens (including phenoxy) is 1. The Morgan fingerprint density at radius 3 is 2.50 bits per heavy atom. The maximum absolute atomic E-state index is 14.0. The predicted molar refractivity (Wildman–Crippen MR) is 179 cm³/mol. The molecule has 2 aliphatic heterocycles. The van der Waals surface area contributed by atoms with E-state index in [1.165, 1.54) is 17.3 Å². The highest BCUT2D eigenvalue weighted by atomic mass is 16.5. The normalized spacial score (nSPS) is 18.8. The number of nitrogens with zero attached hydrogens (tertiary/aromatic N) is 3. The highest BCUT2D eigenvalue weighted by molar-refractivity contribution is 6.44. The molecule has 3 N–H and O–H groups in total. The molecule has 3 aromatic rings. The van der Waals surface area contributed by atoms with Crippen LogP contribution in [0.2, 0.25) is 0 Å². The Morgan fingerprint density at radius 1 is 1.02 bits per heavy atom. The third-order valence-corrected chi connectivity index (χ3v) is 8.80. The van der Waals surface area contributed by atoms with Crippen LogP contribution in [-0.2, 0) is 24.0 Å². The number of ketones is 2. The maximum Gasteiger partial charge on any atom is 0.285 e. The molecule has 0 spiro atoms. The lowest BCUT2D eigenvalue weighted by Gasteiger charge is -2.35. The SMILES string of the molecule is CC(C)(C)[C@H](NC(=O)COc1cccnc1)C(=O)N1CCCC1C(=O)NC(CC1CCCNC1=O)C(=O)C(=O)c1ncc(-c2ccccc2)o1. The van der Waals surface area contributed by atoms with Gasteiger partial charge in [-0.1, -0.05) is 51.1 Å². The number of oxazole rings is 1. The summed E-state index contributed by atoms with van der Waals surface area (Å²) in [5, 5.41) is 8.22. The van der Waals surface area contributed by atoms with Crippen LogP contribution in [0.4, 0.5) is 0 Å². The Balaban J connectivity index is 1.31. The van der Waals surface area contributed by atoms with E-state index in [2.05, 4.69) is 25.9 Å². The zero-order chi connectivity index (χ0) is 35.8. The third kappa shape index (κ3) is 8.79. The van der Waals surface area contributed by atoms with E-state index in [-0.39, 0.29) is 25.5 Å². The molecule has 2 fully saturated rings. The summed E-state index contributed by atoms with van der Waals surface area (Å²) in [5.41, 5.74) is -0.0783. The number of amides is 4. The van der Waals surface area contributed by atoms with Gasteiger partial charge in [-0.3, -0.25) is 33.8 Å². The number of pyridine rings is 1. The molecule has 4 heterocycles. The minimum Gasteiger partial charge on any atom is -0.482 e. The molecular weight excluding hydrogens is 644 g/mol. The summed E-state index contributed by atoms with van der Waals surface area (Å²) in [4.78, 5) is 89.9. The van der Waals surface area contributed by atoms with E-state index < -0.39 is 64.6 Å². The highest BCUT2D eigenvalue weighted by Crippen LogP contribution is 2.27. The smallest absolute Gasteiger partial charge is 0.285 e. The molecule has 0 bridgehead atoms. The molecule has 1 aromatic carbocycles. The lowest BCUT2D eigenvalue weighted by molar-refractivity contribution is -0.144. The lowest BCUT2D eigenvalue weighted by Crippen LogP contribution is -2.59. The van der Waals surface area contributed by atoms with Crippen LogP contribution in [-0.4, -0.2) is 87.9 Å². The van der Waals surface area contributed by atoms with Crippen molar-refractivity contribution in [2.24, 2.45) is 11.3 Å². The van der Waals surface area contributed by atoms with Crippen LogP contribution < -0.4 is 20.7 Å². The standard InChI is InChI=1S/C36H42N6O8/c1-36(2,3)31(41-28(43)21-49-24-13-8-15-37-19-24)35(48)42-17-9-14-26(42)33(47)40-25(18-23-12-7-16-38-32(23)46)29(44)30(45)34-39-20-27(50-34)22-10-5-4-6-11-22/h4-6,8,10-11,13,15,19-20,23,25-26,31H,7,9,12,14,16-18,21H2,1-3H3,(H,38,46)(H,40,47)(H,41,43)/t23?,25?,26?,31-/m1/s1. The van der Waals surface area contributed by atoms with E-state index in [4.69, 9.17) is 9.15 Å². The molecule has 4 atom stereocenters. The molecule has 0 saturated carbocycles. The number of carbonyl (C=O) groups is 6. The van der Waals surface area contributed by atoms with Crippen LogP contribution in [0.15, 0.2) is 65.5 Å². The Morgan fingerprint density at radius 2 is 1.80 bits per heavy atom. The van der Waals surface area contributed by atoms with Gasteiger partial charge in [-0.15, -0.1) is 0 Å². The first-order valence-electron chi connectivity index (χ1n) is 16.7. The molecule has 2 aliphatic rings. The van der Waals surface area contributed by atoms with E-state index >= 15 is 0 Å². The van der Waals surface area contributed by atoms with Crippen LogP contribution >= 0.6 is 0 Å². The van der Waals surface area contributed by atoms with Gasteiger partial charge < -0.3 is 30.0 Å². The van der Waals surface area contributed by atoms with Gasteiger partial charge in [0, 0.05) is 30.8 Å². The summed E-state index contributed by atoms with van der Waals surface area (Å²) in [5.74, 6) is -4.31. The molecule has 3 unspecified atom stereocenters. The average Bonchev–Trinajstić information content (AvgIpc) is 3.81. The average molecular weight is 687 g/mol. The summed E-state index contributed by atoms with van der Waals surface area (Å²) < 4.78 is 11.1. The highest BCUT2D eigenvalue weighted by Gasteiger charge is 2.43. The number of hydrogen-bond donors (Lipinski definition) is 3. The van der Waals surface area contributed by atoms with Crippen molar-refractivity contribution in [2.45, 2.75) is 71.0 Å². The van der Waals surface area contributed by atoms with Crippen LogP contribution in [0.1, 0.15) is 63.6 Å². The van der Waals surface area contributed by atoms with Crippen molar-refractivity contribution in [3.05, 3.63) is 66.9 Å². The summed E-state index contributed by atoms with van der Waals surface area (Å²) in [7, 11) is 0. The van der Waals surface area contributed by atoms with E-state index in [0.717, 1.165) is 0 Å². The van der Waals surface area contributed by atoms with Crippen molar-refractivity contribution in [3.8, 4) is 17.1 Å². The van der Waals surface area contributed by atoms with Crippen molar-refractivity contribution in [1.82, 2.24) is 30.8 Å². The van der Waals surface area contributed by atoms with Gasteiger partial charge in [-0.25, -0.2) is 4.98 Å². The Labute approximate surface area is 289 Å². The second-order valence-corrected chi connectivity index (χ2v) is 13.5. The van der Waals surface area contributed by atoms with Gasteiger partial charge in [0.1, 0.15) is 17.8 Å². The fourth-order valence-electron chi connectivity index (χ4n) is 6.12. The fourth-order valence-corrected chi connectivity index (χ4v) is 6.12. The van der Waals surface area contributed by atoms with Gasteiger partial charge in [0.05, 0.1) is 18.4 Å². The summed E-state index contributed by atoms with van der Waals surface area (Å²) in [6.45, 7) is 5.78. The van der Waals surface area contributed by atoms with Gasteiger partial charge in [0.25, 0.3) is 17.6 Å². The van der Waals surface area contributed by atoms with Crippen LogP contribution in [0.25, 0.3) is 11.3 Å². The summed E-state index contributed by atoms with van der Waals surface area (Å²) in [6, 6.07) is 8.89. The molecule has 0 radical (unpaired) electrons. The van der Waals surface area contributed by atoms with Crippen molar-refractivity contribution in [3.63, 3.8) is 0 Å². The Kier molecular flexibility index (Phi) is 11.4. The number of nitrogens with one attached hydrogen (secondary N) is 3. The largest absolute Gasteiger partial charge is 0.482 e. The minimum atomic E-state index is -1.38. The zero-order valence-electron chi connectivity index (χ0n) is 28.3. The van der Waals surface area contributed by atoms with E-state index in [1.807, 2.05) is 6.07 Å². The monoisotopic (exact) mass is 686 g/mol. The molecule has 14 nitrogen and oxygen atoms in total. The molecular formula is C36H42N6O8. The first-order valence-corrected chi connectivity index (χ1v) is 16.7. The first kappa shape index (κ1) is 35.9. The van der Waals surface area contributed by atoms with Crippen LogP contribution in [0, 0.1) is 11.3 Å². The number of benzene rings is 1.